The topological polar surface area (TPSA) is 93.4 Å². The summed E-state index contributed by atoms with van der Waals surface area (Å²) in [5.74, 6) is 3.48. The number of rotatable bonds is 2. The number of hydrazine groups is 1. The Morgan fingerprint density at radius 2 is 2.06 bits per heavy atom. The average molecular weight is 288 g/mol. The van der Waals surface area contributed by atoms with E-state index in [1.807, 2.05) is 0 Å². The molecule has 0 heterocycles. The van der Waals surface area contributed by atoms with Gasteiger partial charge in [-0.05, 0) is 18.2 Å². The number of carbonyl (C=O) groups is 2. The summed E-state index contributed by atoms with van der Waals surface area (Å²) in [6.07, 6.45) is 0. The quantitative estimate of drug-likeness (QED) is 0.317. The van der Waals surface area contributed by atoms with Crippen LogP contribution in [0.2, 0.25) is 0 Å². The van der Waals surface area contributed by atoms with E-state index in [4.69, 9.17) is 10.6 Å². The molecule has 0 radical (unpaired) electrons. The van der Waals surface area contributed by atoms with Crippen molar-refractivity contribution in [2.75, 3.05) is 12.4 Å². The number of amides is 2. The molecule has 1 aromatic carbocycles. The molecular formula is C9H10BrN3O3. The molecule has 0 aliphatic rings. The zero-order valence-corrected chi connectivity index (χ0v) is 10.00. The first-order chi connectivity index (χ1) is 7.58. The van der Waals surface area contributed by atoms with Crippen molar-refractivity contribution in [1.82, 2.24) is 5.43 Å². The molecule has 1 aromatic rings. The van der Waals surface area contributed by atoms with Crippen molar-refractivity contribution in [2.24, 2.45) is 5.84 Å². The minimum Gasteiger partial charge on any atom is -0.495 e. The minimum absolute atomic E-state index is 0.380. The summed E-state index contributed by atoms with van der Waals surface area (Å²) < 4.78 is 5.76. The lowest BCUT2D eigenvalue weighted by Gasteiger charge is -2.09. The zero-order chi connectivity index (χ0) is 12.1. The average Bonchev–Trinajstić information content (AvgIpc) is 2.28. The maximum atomic E-state index is 11.2. The summed E-state index contributed by atoms with van der Waals surface area (Å²) in [7, 11) is 1.46. The van der Waals surface area contributed by atoms with Crippen LogP contribution in [0.1, 0.15) is 0 Å². The van der Waals surface area contributed by atoms with Gasteiger partial charge in [-0.2, -0.15) is 0 Å². The Kier molecular flexibility index (Phi) is 4.27. The van der Waals surface area contributed by atoms with Gasteiger partial charge in [-0.15, -0.1) is 0 Å². The van der Waals surface area contributed by atoms with Gasteiger partial charge in [-0.3, -0.25) is 15.0 Å². The van der Waals surface area contributed by atoms with E-state index in [1.54, 1.807) is 23.6 Å². The number of ether oxygens (including phenoxy) is 1. The van der Waals surface area contributed by atoms with E-state index in [0.717, 1.165) is 4.47 Å². The molecule has 0 aliphatic carbocycles. The molecular weight excluding hydrogens is 278 g/mol. The molecule has 0 atom stereocenters. The largest absolute Gasteiger partial charge is 0.495 e. The van der Waals surface area contributed by atoms with Gasteiger partial charge in [0.25, 0.3) is 0 Å². The van der Waals surface area contributed by atoms with Crippen molar-refractivity contribution in [3.63, 3.8) is 0 Å². The molecule has 7 heteroatoms. The predicted molar refractivity (Wildman–Crippen MR) is 61.7 cm³/mol. The molecule has 1 rings (SSSR count). The first kappa shape index (κ1) is 12.5. The molecule has 2 amide bonds. The van der Waals surface area contributed by atoms with Crippen molar-refractivity contribution in [1.29, 1.82) is 0 Å². The molecule has 0 aromatic heterocycles. The van der Waals surface area contributed by atoms with Gasteiger partial charge in [0.1, 0.15) is 5.75 Å². The maximum Gasteiger partial charge on any atom is 0.323 e. The highest BCUT2D eigenvalue weighted by atomic mass is 79.9. The molecule has 0 bridgehead atoms. The first-order valence-electron chi connectivity index (χ1n) is 4.24. The van der Waals surface area contributed by atoms with Crippen LogP contribution in [0, 0.1) is 0 Å². The minimum atomic E-state index is -0.929. The number of nitrogens with two attached hydrogens (primary N) is 1. The van der Waals surface area contributed by atoms with Crippen molar-refractivity contribution < 1.29 is 14.3 Å². The van der Waals surface area contributed by atoms with Crippen LogP contribution in [0.5, 0.6) is 5.75 Å². The standard InChI is InChI=1S/C9H10BrN3O3/c1-16-7-3-2-5(10)4-6(7)12-8(14)9(15)13-11/h2-4H,11H2,1H3,(H,12,14)(H,13,15). The number of anilines is 1. The molecule has 0 saturated heterocycles. The SMILES string of the molecule is COc1ccc(Br)cc1NC(=O)C(=O)NN. The number of hydrogen-bond acceptors (Lipinski definition) is 4. The summed E-state index contributed by atoms with van der Waals surface area (Å²) >= 11 is 3.24. The Balaban J connectivity index is 2.91. The van der Waals surface area contributed by atoms with Crippen LogP contribution in [-0.2, 0) is 9.59 Å². The van der Waals surface area contributed by atoms with Crippen molar-refractivity contribution in [3.8, 4) is 5.75 Å². The van der Waals surface area contributed by atoms with Gasteiger partial charge >= 0.3 is 11.8 Å². The van der Waals surface area contributed by atoms with E-state index in [1.165, 1.54) is 7.11 Å². The van der Waals surface area contributed by atoms with Gasteiger partial charge in [0.2, 0.25) is 0 Å². The molecule has 16 heavy (non-hydrogen) atoms. The Hall–Kier alpha value is -1.60. The lowest BCUT2D eigenvalue weighted by Crippen LogP contribution is -2.39. The third-order valence-electron chi connectivity index (χ3n) is 1.75. The number of halogens is 1. The van der Waals surface area contributed by atoms with Crippen LogP contribution >= 0.6 is 15.9 Å². The molecule has 0 spiro atoms. The summed E-state index contributed by atoms with van der Waals surface area (Å²) in [6.45, 7) is 0. The molecule has 0 saturated carbocycles. The zero-order valence-electron chi connectivity index (χ0n) is 8.41. The van der Waals surface area contributed by atoms with E-state index < -0.39 is 11.8 Å². The highest BCUT2D eigenvalue weighted by molar-refractivity contribution is 9.10. The van der Waals surface area contributed by atoms with E-state index in [0.29, 0.717) is 11.4 Å². The van der Waals surface area contributed by atoms with E-state index >= 15 is 0 Å². The number of hydrogen-bond donors (Lipinski definition) is 3. The normalized spacial score (nSPS) is 9.44. The summed E-state index contributed by atoms with van der Waals surface area (Å²) in [5.41, 5.74) is 2.11. The molecule has 6 nitrogen and oxygen atoms in total. The summed E-state index contributed by atoms with van der Waals surface area (Å²) in [6, 6.07) is 5.01. The maximum absolute atomic E-state index is 11.2. The Morgan fingerprint density at radius 3 is 2.62 bits per heavy atom. The summed E-state index contributed by atoms with van der Waals surface area (Å²) in [5, 5.41) is 2.37. The van der Waals surface area contributed by atoms with Crippen LogP contribution in [0.25, 0.3) is 0 Å². The third kappa shape index (κ3) is 2.94. The number of carbonyl (C=O) groups excluding carboxylic acids is 2. The third-order valence-corrected chi connectivity index (χ3v) is 2.24. The summed E-state index contributed by atoms with van der Waals surface area (Å²) in [4.78, 5) is 22.1. The fourth-order valence-corrected chi connectivity index (χ4v) is 1.38. The van der Waals surface area contributed by atoms with Gasteiger partial charge < -0.3 is 10.1 Å². The van der Waals surface area contributed by atoms with Gasteiger partial charge in [-0.25, -0.2) is 5.84 Å². The lowest BCUT2D eigenvalue weighted by atomic mass is 10.3. The molecule has 0 unspecified atom stereocenters. The second kappa shape index (κ2) is 5.47. The monoisotopic (exact) mass is 287 g/mol. The van der Waals surface area contributed by atoms with E-state index in [9.17, 15) is 9.59 Å². The second-order valence-electron chi connectivity index (χ2n) is 2.77. The van der Waals surface area contributed by atoms with Crippen LogP contribution in [0.4, 0.5) is 5.69 Å². The van der Waals surface area contributed by atoms with Gasteiger partial charge in [-0.1, -0.05) is 15.9 Å². The van der Waals surface area contributed by atoms with Gasteiger partial charge in [0, 0.05) is 4.47 Å². The van der Waals surface area contributed by atoms with Gasteiger partial charge in [0.05, 0.1) is 12.8 Å². The van der Waals surface area contributed by atoms with Crippen LogP contribution in [0.3, 0.4) is 0 Å². The Labute approximate surface area is 100 Å². The van der Waals surface area contributed by atoms with Crippen molar-refractivity contribution >= 4 is 33.4 Å². The number of nitrogens with one attached hydrogen (secondary N) is 2. The Morgan fingerprint density at radius 1 is 1.38 bits per heavy atom. The number of methoxy groups -OCH3 is 1. The first-order valence-corrected chi connectivity index (χ1v) is 5.03. The molecule has 0 fully saturated rings. The predicted octanol–water partition coefficient (Wildman–Crippen LogP) is 0.386. The highest BCUT2D eigenvalue weighted by Gasteiger charge is 2.14. The van der Waals surface area contributed by atoms with E-state index in [2.05, 4.69) is 21.2 Å². The lowest BCUT2D eigenvalue weighted by molar-refractivity contribution is -0.136. The fraction of sp³-hybridized carbons (Fsp3) is 0.111. The molecule has 86 valence electrons. The van der Waals surface area contributed by atoms with Crippen molar-refractivity contribution in [3.05, 3.63) is 22.7 Å². The Bertz CT molecular complexity index is 422. The molecule has 4 N–H and O–H groups in total. The highest BCUT2D eigenvalue weighted by Crippen LogP contribution is 2.27. The smallest absolute Gasteiger partial charge is 0.323 e. The van der Waals surface area contributed by atoms with Crippen LogP contribution in [-0.4, -0.2) is 18.9 Å². The second-order valence-corrected chi connectivity index (χ2v) is 3.69. The van der Waals surface area contributed by atoms with Crippen LogP contribution < -0.4 is 21.3 Å². The fourth-order valence-electron chi connectivity index (χ4n) is 1.02. The number of benzene rings is 1. The molecule has 0 aliphatic heterocycles. The van der Waals surface area contributed by atoms with Crippen LogP contribution in [0.15, 0.2) is 22.7 Å². The van der Waals surface area contributed by atoms with Gasteiger partial charge in [0.15, 0.2) is 0 Å². The van der Waals surface area contributed by atoms with Crippen molar-refractivity contribution in [2.45, 2.75) is 0 Å². The van der Waals surface area contributed by atoms with E-state index in [-0.39, 0.29) is 0 Å².